The van der Waals surface area contributed by atoms with Crippen LogP contribution < -0.4 is 9.64 Å². The number of carbonyl (C=O) groups excluding carboxylic acids is 2. The van der Waals surface area contributed by atoms with Gasteiger partial charge in [-0.1, -0.05) is 12.8 Å². The van der Waals surface area contributed by atoms with Gasteiger partial charge in [0.1, 0.15) is 12.3 Å². The molecule has 1 atom stereocenters. The highest BCUT2D eigenvalue weighted by molar-refractivity contribution is 7.89. The van der Waals surface area contributed by atoms with E-state index in [0.29, 0.717) is 31.1 Å². The Labute approximate surface area is 184 Å². The SMILES string of the molecule is C[C@@H]1CCCCN1C(=O)CN1C(=O)COc2ccc(S(=O)(=O)N3CCCCCC3)cc21. The van der Waals surface area contributed by atoms with Gasteiger partial charge < -0.3 is 9.64 Å². The lowest BCUT2D eigenvalue weighted by molar-refractivity contribution is -0.134. The first-order chi connectivity index (χ1) is 14.9. The molecule has 3 heterocycles. The normalized spacial score (nSPS) is 23.1. The molecule has 9 heteroatoms. The molecule has 2 saturated heterocycles. The molecule has 0 N–H and O–H groups in total. The van der Waals surface area contributed by atoms with E-state index in [2.05, 4.69) is 0 Å². The summed E-state index contributed by atoms with van der Waals surface area (Å²) in [5.74, 6) is -0.0297. The third kappa shape index (κ3) is 4.57. The second-order valence-electron chi connectivity index (χ2n) is 8.65. The fourth-order valence-corrected chi connectivity index (χ4v) is 6.18. The van der Waals surface area contributed by atoms with Gasteiger partial charge in [-0.15, -0.1) is 0 Å². The quantitative estimate of drug-likeness (QED) is 0.704. The molecular weight excluding hydrogens is 418 g/mol. The summed E-state index contributed by atoms with van der Waals surface area (Å²) in [5, 5.41) is 0. The number of benzene rings is 1. The average molecular weight is 450 g/mol. The first kappa shape index (κ1) is 22.1. The predicted octanol–water partition coefficient (Wildman–Crippen LogP) is 2.38. The van der Waals surface area contributed by atoms with E-state index in [4.69, 9.17) is 4.74 Å². The molecule has 0 aliphatic carbocycles. The van der Waals surface area contributed by atoms with Crippen molar-refractivity contribution in [3.63, 3.8) is 0 Å². The van der Waals surface area contributed by atoms with E-state index in [1.807, 2.05) is 11.8 Å². The number of likely N-dealkylation sites (tertiary alicyclic amines) is 1. The van der Waals surface area contributed by atoms with Gasteiger partial charge >= 0.3 is 0 Å². The Bertz CT molecular complexity index is 940. The highest BCUT2D eigenvalue weighted by Crippen LogP contribution is 2.35. The number of amides is 2. The lowest BCUT2D eigenvalue weighted by Gasteiger charge is -2.36. The van der Waals surface area contributed by atoms with E-state index < -0.39 is 10.0 Å². The molecule has 0 radical (unpaired) electrons. The van der Waals surface area contributed by atoms with Crippen molar-refractivity contribution < 1.29 is 22.7 Å². The van der Waals surface area contributed by atoms with E-state index in [-0.39, 0.29) is 35.9 Å². The number of hydrogen-bond acceptors (Lipinski definition) is 5. The number of anilines is 1. The van der Waals surface area contributed by atoms with Gasteiger partial charge in [-0.2, -0.15) is 4.31 Å². The Morgan fingerprint density at radius 2 is 1.77 bits per heavy atom. The molecule has 1 aromatic carbocycles. The van der Waals surface area contributed by atoms with Gasteiger partial charge in [0.05, 0.1) is 10.6 Å². The van der Waals surface area contributed by atoms with Gasteiger partial charge in [0.2, 0.25) is 15.9 Å². The zero-order chi connectivity index (χ0) is 22.0. The maximum absolute atomic E-state index is 13.2. The Kier molecular flexibility index (Phi) is 6.52. The highest BCUT2D eigenvalue weighted by atomic mass is 32.2. The van der Waals surface area contributed by atoms with Crippen LogP contribution in [0.5, 0.6) is 5.75 Å². The van der Waals surface area contributed by atoms with Crippen LogP contribution in [-0.2, 0) is 19.6 Å². The van der Waals surface area contributed by atoms with Crippen LogP contribution in [0.3, 0.4) is 0 Å². The van der Waals surface area contributed by atoms with Crippen molar-refractivity contribution in [3.8, 4) is 5.75 Å². The van der Waals surface area contributed by atoms with E-state index in [9.17, 15) is 18.0 Å². The third-order valence-corrected chi connectivity index (χ3v) is 8.39. The molecule has 4 rings (SSSR count). The molecule has 31 heavy (non-hydrogen) atoms. The van der Waals surface area contributed by atoms with Gasteiger partial charge in [-0.3, -0.25) is 14.5 Å². The van der Waals surface area contributed by atoms with Gasteiger partial charge in [-0.05, 0) is 57.2 Å². The minimum atomic E-state index is -3.67. The van der Waals surface area contributed by atoms with Gasteiger partial charge in [0, 0.05) is 25.7 Å². The van der Waals surface area contributed by atoms with E-state index in [1.54, 1.807) is 6.07 Å². The lowest BCUT2D eigenvalue weighted by Crippen LogP contribution is -2.50. The van der Waals surface area contributed by atoms with Crippen LogP contribution in [0, 0.1) is 0 Å². The molecule has 0 bridgehead atoms. The number of hydrogen-bond donors (Lipinski definition) is 0. The van der Waals surface area contributed by atoms with Gasteiger partial charge in [0.15, 0.2) is 6.61 Å². The van der Waals surface area contributed by atoms with Crippen molar-refractivity contribution in [2.24, 2.45) is 0 Å². The fourth-order valence-electron chi connectivity index (χ4n) is 4.64. The van der Waals surface area contributed by atoms with Crippen LogP contribution >= 0.6 is 0 Å². The highest BCUT2D eigenvalue weighted by Gasteiger charge is 2.33. The number of carbonyl (C=O) groups is 2. The van der Waals surface area contributed by atoms with E-state index >= 15 is 0 Å². The van der Waals surface area contributed by atoms with Crippen LogP contribution in [0.25, 0.3) is 0 Å². The summed E-state index contributed by atoms with van der Waals surface area (Å²) in [6, 6.07) is 4.75. The van der Waals surface area contributed by atoms with Crippen LogP contribution in [0.2, 0.25) is 0 Å². The summed E-state index contributed by atoms with van der Waals surface area (Å²) in [5.41, 5.74) is 0.352. The summed E-state index contributed by atoms with van der Waals surface area (Å²) in [6.45, 7) is 3.46. The summed E-state index contributed by atoms with van der Waals surface area (Å²) in [4.78, 5) is 28.9. The van der Waals surface area contributed by atoms with Gasteiger partial charge in [0.25, 0.3) is 5.91 Å². The van der Waals surface area contributed by atoms with Gasteiger partial charge in [-0.25, -0.2) is 8.42 Å². The predicted molar refractivity (Wildman–Crippen MR) is 117 cm³/mol. The number of ether oxygens (including phenoxy) is 1. The molecule has 3 aliphatic rings. The van der Waals surface area contributed by atoms with Crippen molar-refractivity contribution >= 4 is 27.5 Å². The number of nitrogens with zero attached hydrogens (tertiary/aromatic N) is 3. The minimum Gasteiger partial charge on any atom is -0.482 e. The van der Waals surface area contributed by atoms with Crippen LogP contribution in [0.1, 0.15) is 51.9 Å². The molecule has 0 saturated carbocycles. The zero-order valence-electron chi connectivity index (χ0n) is 18.1. The van der Waals surface area contributed by atoms with Crippen molar-refractivity contribution in [1.82, 2.24) is 9.21 Å². The maximum atomic E-state index is 13.2. The zero-order valence-corrected chi connectivity index (χ0v) is 18.9. The van der Waals surface area contributed by atoms with E-state index in [0.717, 1.165) is 44.9 Å². The average Bonchev–Trinajstić information content (AvgIpc) is 3.06. The molecule has 0 unspecified atom stereocenters. The molecule has 2 fully saturated rings. The minimum absolute atomic E-state index is 0.104. The largest absolute Gasteiger partial charge is 0.482 e. The molecule has 8 nitrogen and oxygen atoms in total. The molecule has 2 amide bonds. The van der Waals surface area contributed by atoms with Crippen molar-refractivity contribution in [2.45, 2.75) is 62.8 Å². The van der Waals surface area contributed by atoms with Crippen molar-refractivity contribution in [2.75, 3.05) is 37.7 Å². The summed E-state index contributed by atoms with van der Waals surface area (Å²) >= 11 is 0. The van der Waals surface area contributed by atoms with E-state index in [1.165, 1.54) is 21.3 Å². The second kappa shape index (κ2) is 9.16. The first-order valence-corrected chi connectivity index (χ1v) is 12.7. The van der Waals surface area contributed by atoms with Crippen molar-refractivity contribution in [3.05, 3.63) is 18.2 Å². The Morgan fingerprint density at radius 1 is 1.06 bits per heavy atom. The molecular formula is C22H31N3O5S. The summed E-state index contributed by atoms with van der Waals surface area (Å²) in [6.07, 6.45) is 6.77. The maximum Gasteiger partial charge on any atom is 0.265 e. The lowest BCUT2D eigenvalue weighted by atomic mass is 10.0. The number of rotatable bonds is 4. The molecule has 3 aliphatic heterocycles. The topological polar surface area (TPSA) is 87.2 Å². The van der Waals surface area contributed by atoms with Crippen LogP contribution in [0.4, 0.5) is 5.69 Å². The van der Waals surface area contributed by atoms with Crippen LogP contribution in [0.15, 0.2) is 23.1 Å². The van der Waals surface area contributed by atoms with Crippen molar-refractivity contribution in [1.29, 1.82) is 0 Å². The van der Waals surface area contributed by atoms with Crippen LogP contribution in [-0.4, -0.2) is 68.3 Å². The number of piperidine rings is 1. The number of sulfonamides is 1. The standard InChI is InChI=1S/C22H31N3O5S/c1-17-8-4-7-13-24(17)21(26)15-25-19-14-18(9-10-20(19)30-16-22(25)27)31(28,29)23-11-5-2-3-6-12-23/h9-10,14,17H,2-8,11-13,15-16H2,1H3/t17-/m1/s1. The summed E-state index contributed by atoms with van der Waals surface area (Å²) < 4.78 is 33.5. The smallest absolute Gasteiger partial charge is 0.265 e. The molecule has 0 spiro atoms. The molecule has 0 aromatic heterocycles. The Hall–Kier alpha value is -2.13. The Balaban J connectivity index is 1.61. The third-order valence-electron chi connectivity index (χ3n) is 6.49. The molecule has 170 valence electrons. The Morgan fingerprint density at radius 3 is 2.48 bits per heavy atom. The number of fused-ring (bicyclic) bond motifs is 1. The first-order valence-electron chi connectivity index (χ1n) is 11.2. The second-order valence-corrected chi connectivity index (χ2v) is 10.6. The summed E-state index contributed by atoms with van der Waals surface area (Å²) in [7, 11) is -3.67. The molecule has 1 aromatic rings. The fraction of sp³-hybridized carbons (Fsp3) is 0.636. The monoisotopic (exact) mass is 449 g/mol.